The molecule has 1 amide bonds. The second-order valence-corrected chi connectivity index (χ2v) is 8.00. The number of benzene rings is 2. The summed E-state index contributed by atoms with van der Waals surface area (Å²) in [5.74, 6) is -1.05. The second-order valence-electron chi connectivity index (χ2n) is 6.06. The number of rotatable bonds is 9. The number of hydrogen-bond donors (Lipinski definition) is 1. The van der Waals surface area contributed by atoms with Gasteiger partial charge in [0.1, 0.15) is 5.82 Å². The minimum atomic E-state index is -3.81. The summed E-state index contributed by atoms with van der Waals surface area (Å²) in [5, 5.41) is 0. The molecule has 0 atom stereocenters. The van der Waals surface area contributed by atoms with Crippen LogP contribution in [0.4, 0.5) is 4.39 Å². The highest BCUT2D eigenvalue weighted by Crippen LogP contribution is 2.21. The number of carbonyl (C=O) groups is 1. The molecule has 26 heavy (non-hydrogen) atoms. The van der Waals surface area contributed by atoms with Crippen molar-refractivity contribution in [3.05, 3.63) is 65.5 Å². The Kier molecular flexibility index (Phi) is 6.88. The van der Waals surface area contributed by atoms with Crippen LogP contribution in [-0.2, 0) is 16.6 Å². The number of nitrogens with two attached hydrogens (primary N) is 1. The van der Waals surface area contributed by atoms with Gasteiger partial charge in [0, 0.05) is 18.7 Å². The molecule has 2 rings (SSSR count). The van der Waals surface area contributed by atoms with E-state index in [-0.39, 0.29) is 22.8 Å². The molecule has 2 aromatic rings. The first-order chi connectivity index (χ1) is 12.3. The third-order valence-corrected chi connectivity index (χ3v) is 5.88. The number of primary amides is 1. The molecule has 7 heteroatoms. The fourth-order valence-electron chi connectivity index (χ4n) is 2.57. The summed E-state index contributed by atoms with van der Waals surface area (Å²) in [5.41, 5.74) is 6.09. The first kappa shape index (κ1) is 20.1. The van der Waals surface area contributed by atoms with Crippen molar-refractivity contribution in [3.63, 3.8) is 0 Å². The van der Waals surface area contributed by atoms with Crippen LogP contribution in [-0.4, -0.2) is 25.2 Å². The van der Waals surface area contributed by atoms with E-state index >= 15 is 0 Å². The van der Waals surface area contributed by atoms with E-state index in [1.807, 2.05) is 6.92 Å². The lowest BCUT2D eigenvalue weighted by Crippen LogP contribution is -2.32. The minimum Gasteiger partial charge on any atom is -0.366 e. The van der Waals surface area contributed by atoms with Crippen LogP contribution in [0.2, 0.25) is 0 Å². The van der Waals surface area contributed by atoms with Crippen LogP contribution >= 0.6 is 0 Å². The van der Waals surface area contributed by atoms with E-state index in [0.29, 0.717) is 18.5 Å². The smallest absolute Gasteiger partial charge is 0.248 e. The van der Waals surface area contributed by atoms with Crippen molar-refractivity contribution in [1.29, 1.82) is 0 Å². The SMILES string of the molecule is CCCCCN(Cc1ccc(F)cc1)S(=O)(=O)c1cccc(C(N)=O)c1. The fourth-order valence-corrected chi connectivity index (χ4v) is 4.09. The van der Waals surface area contributed by atoms with E-state index in [1.165, 1.54) is 40.7 Å². The molecule has 0 aliphatic rings. The number of hydrogen-bond acceptors (Lipinski definition) is 3. The zero-order chi connectivity index (χ0) is 19.2. The molecular formula is C19H23FN2O3S. The number of nitrogens with zero attached hydrogens (tertiary/aromatic N) is 1. The Hall–Kier alpha value is -2.25. The van der Waals surface area contributed by atoms with Gasteiger partial charge in [-0.25, -0.2) is 12.8 Å². The standard InChI is InChI=1S/C19H23FN2O3S/c1-2-3-4-12-22(14-15-8-10-17(20)11-9-15)26(24,25)18-7-5-6-16(13-18)19(21)23/h5-11,13H,2-4,12,14H2,1H3,(H2,21,23). The van der Waals surface area contributed by atoms with Crippen molar-refractivity contribution in [1.82, 2.24) is 4.31 Å². The summed E-state index contributed by atoms with van der Waals surface area (Å²) < 4.78 is 40.6. The lowest BCUT2D eigenvalue weighted by Gasteiger charge is -2.22. The van der Waals surface area contributed by atoms with Crippen molar-refractivity contribution in [2.45, 2.75) is 37.6 Å². The maximum atomic E-state index is 13.1. The highest BCUT2D eigenvalue weighted by atomic mass is 32.2. The number of amides is 1. The zero-order valence-electron chi connectivity index (χ0n) is 14.7. The Balaban J connectivity index is 2.33. The lowest BCUT2D eigenvalue weighted by molar-refractivity contribution is 0.1000. The van der Waals surface area contributed by atoms with Crippen LogP contribution in [0.15, 0.2) is 53.4 Å². The third kappa shape index (κ3) is 5.12. The Morgan fingerprint density at radius 3 is 2.42 bits per heavy atom. The molecule has 0 heterocycles. The minimum absolute atomic E-state index is 0.0208. The van der Waals surface area contributed by atoms with Crippen molar-refractivity contribution in [2.75, 3.05) is 6.54 Å². The average molecular weight is 378 g/mol. The van der Waals surface area contributed by atoms with Crippen molar-refractivity contribution in [2.24, 2.45) is 5.73 Å². The maximum Gasteiger partial charge on any atom is 0.248 e. The first-order valence-corrected chi connectivity index (χ1v) is 9.93. The van der Waals surface area contributed by atoms with E-state index in [2.05, 4.69) is 0 Å². The van der Waals surface area contributed by atoms with Gasteiger partial charge in [-0.15, -0.1) is 0 Å². The molecule has 0 radical (unpaired) electrons. The van der Waals surface area contributed by atoms with Gasteiger partial charge in [-0.1, -0.05) is 38.0 Å². The summed E-state index contributed by atoms with van der Waals surface area (Å²) in [7, 11) is -3.81. The summed E-state index contributed by atoms with van der Waals surface area (Å²) >= 11 is 0. The largest absolute Gasteiger partial charge is 0.366 e. The quantitative estimate of drug-likeness (QED) is 0.680. The molecule has 0 fully saturated rings. The van der Waals surface area contributed by atoms with E-state index in [4.69, 9.17) is 5.73 Å². The molecule has 0 aromatic heterocycles. The van der Waals surface area contributed by atoms with Gasteiger partial charge in [0.05, 0.1) is 4.90 Å². The Labute approximate surface area is 153 Å². The predicted molar refractivity (Wildman–Crippen MR) is 98.5 cm³/mol. The van der Waals surface area contributed by atoms with Gasteiger partial charge in [0.2, 0.25) is 15.9 Å². The molecule has 0 spiro atoms. The van der Waals surface area contributed by atoms with Gasteiger partial charge < -0.3 is 5.73 Å². The molecule has 140 valence electrons. The molecule has 2 N–H and O–H groups in total. The normalized spacial score (nSPS) is 11.7. The van der Waals surface area contributed by atoms with Crippen LogP contribution in [0.3, 0.4) is 0 Å². The first-order valence-electron chi connectivity index (χ1n) is 8.49. The molecule has 2 aromatic carbocycles. The molecule has 0 aliphatic carbocycles. The Morgan fingerprint density at radius 2 is 1.81 bits per heavy atom. The molecule has 0 unspecified atom stereocenters. The highest BCUT2D eigenvalue weighted by Gasteiger charge is 2.25. The van der Waals surface area contributed by atoms with Crippen LogP contribution in [0.5, 0.6) is 0 Å². The predicted octanol–water partition coefficient (Wildman–Crippen LogP) is 3.31. The van der Waals surface area contributed by atoms with E-state index in [9.17, 15) is 17.6 Å². The van der Waals surface area contributed by atoms with Crippen LogP contribution in [0.25, 0.3) is 0 Å². The van der Waals surface area contributed by atoms with Crippen molar-refractivity contribution < 1.29 is 17.6 Å². The average Bonchev–Trinajstić information content (AvgIpc) is 2.62. The van der Waals surface area contributed by atoms with E-state index < -0.39 is 15.9 Å². The maximum absolute atomic E-state index is 13.1. The topological polar surface area (TPSA) is 80.5 Å². The van der Waals surface area contributed by atoms with E-state index in [1.54, 1.807) is 12.1 Å². The van der Waals surface area contributed by atoms with Crippen LogP contribution in [0.1, 0.15) is 42.1 Å². The zero-order valence-corrected chi connectivity index (χ0v) is 15.5. The fraction of sp³-hybridized carbons (Fsp3) is 0.316. The summed E-state index contributed by atoms with van der Waals surface area (Å²) in [6.45, 7) is 2.51. The summed E-state index contributed by atoms with van der Waals surface area (Å²) in [4.78, 5) is 11.4. The van der Waals surface area contributed by atoms with Gasteiger partial charge in [0.25, 0.3) is 0 Å². The molecular weight excluding hydrogens is 355 g/mol. The molecule has 0 saturated carbocycles. The van der Waals surface area contributed by atoms with Gasteiger partial charge in [-0.2, -0.15) is 4.31 Å². The monoisotopic (exact) mass is 378 g/mol. The summed E-state index contributed by atoms with van der Waals surface area (Å²) in [6.07, 6.45) is 2.57. The summed E-state index contributed by atoms with van der Waals surface area (Å²) in [6, 6.07) is 11.4. The Bertz CT molecular complexity index is 851. The molecule has 5 nitrogen and oxygen atoms in total. The van der Waals surface area contributed by atoms with E-state index in [0.717, 1.165) is 12.8 Å². The van der Waals surface area contributed by atoms with Crippen LogP contribution < -0.4 is 5.73 Å². The number of carbonyl (C=O) groups excluding carboxylic acids is 1. The number of unbranched alkanes of at least 4 members (excludes halogenated alkanes) is 2. The second kappa shape index (κ2) is 8.91. The molecule has 0 bridgehead atoms. The number of halogens is 1. The van der Waals surface area contributed by atoms with Gasteiger partial charge in [-0.05, 0) is 42.3 Å². The lowest BCUT2D eigenvalue weighted by atomic mass is 10.2. The van der Waals surface area contributed by atoms with Gasteiger partial charge in [0.15, 0.2) is 0 Å². The van der Waals surface area contributed by atoms with Gasteiger partial charge >= 0.3 is 0 Å². The third-order valence-electron chi connectivity index (χ3n) is 4.04. The Morgan fingerprint density at radius 1 is 1.12 bits per heavy atom. The number of sulfonamides is 1. The van der Waals surface area contributed by atoms with Crippen molar-refractivity contribution >= 4 is 15.9 Å². The van der Waals surface area contributed by atoms with Crippen molar-refractivity contribution in [3.8, 4) is 0 Å². The van der Waals surface area contributed by atoms with Gasteiger partial charge in [-0.3, -0.25) is 4.79 Å². The molecule has 0 aliphatic heterocycles. The highest BCUT2D eigenvalue weighted by molar-refractivity contribution is 7.89. The molecule has 0 saturated heterocycles. The van der Waals surface area contributed by atoms with Crippen LogP contribution in [0, 0.1) is 5.82 Å².